The first kappa shape index (κ1) is 15.3. The lowest BCUT2D eigenvalue weighted by molar-refractivity contribution is 0.414. The molecule has 0 aliphatic carbocycles. The quantitative estimate of drug-likeness (QED) is 0.622. The van der Waals surface area contributed by atoms with Gasteiger partial charge in [0.15, 0.2) is 0 Å². The first-order valence-corrected chi connectivity index (χ1v) is 7.87. The molecule has 0 atom stereocenters. The number of nitrogens with one attached hydrogen (secondary N) is 1. The summed E-state index contributed by atoms with van der Waals surface area (Å²) in [5.74, 6) is 1.52. The summed E-state index contributed by atoms with van der Waals surface area (Å²) in [6, 6.07) is 13.3. The van der Waals surface area contributed by atoms with E-state index in [1.807, 2.05) is 42.5 Å². The summed E-state index contributed by atoms with van der Waals surface area (Å²) < 4.78 is 12.0. The molecular weight excluding hydrogens is 318 g/mol. The lowest BCUT2D eigenvalue weighted by atomic mass is 10.2. The Morgan fingerprint density at radius 3 is 2.48 bits per heavy atom. The largest absolute Gasteiger partial charge is 0.497 e. The number of hydrogen-bond donors (Lipinski definition) is 1. The molecule has 6 heteroatoms. The summed E-state index contributed by atoms with van der Waals surface area (Å²) in [5, 5.41) is 0.878. The minimum Gasteiger partial charge on any atom is -0.497 e. The van der Waals surface area contributed by atoms with Gasteiger partial charge in [-0.25, -0.2) is 4.98 Å². The van der Waals surface area contributed by atoms with E-state index < -0.39 is 0 Å². The number of aromatic amines is 1. The number of aromatic nitrogens is 3. The van der Waals surface area contributed by atoms with Gasteiger partial charge >= 0.3 is 0 Å². The van der Waals surface area contributed by atoms with Gasteiger partial charge in [0.1, 0.15) is 22.5 Å². The van der Waals surface area contributed by atoms with Crippen LogP contribution in [0.5, 0.6) is 11.5 Å². The Labute approximate surface area is 143 Å². The van der Waals surface area contributed by atoms with Crippen LogP contribution in [0.15, 0.2) is 53.6 Å². The van der Waals surface area contributed by atoms with Crippen LogP contribution in [0, 0.1) is 0 Å². The van der Waals surface area contributed by atoms with Crippen molar-refractivity contribution in [3.63, 3.8) is 0 Å². The Bertz CT molecular complexity index is 1110. The number of hydrogen-bond acceptors (Lipinski definition) is 4. The second-order valence-corrected chi connectivity index (χ2v) is 5.79. The fraction of sp³-hybridized carbons (Fsp3) is 0.158. The highest BCUT2D eigenvalue weighted by molar-refractivity contribution is 6.04. The Morgan fingerprint density at radius 1 is 1.04 bits per heavy atom. The van der Waals surface area contributed by atoms with Gasteiger partial charge in [-0.15, -0.1) is 0 Å². The van der Waals surface area contributed by atoms with Crippen LogP contribution in [0.2, 0.25) is 0 Å². The molecule has 0 aliphatic rings. The zero-order valence-electron chi connectivity index (χ0n) is 13.9. The summed E-state index contributed by atoms with van der Waals surface area (Å²) in [6.07, 6.45) is 1.58. The lowest BCUT2D eigenvalue weighted by Crippen LogP contribution is -2.21. The second-order valence-electron chi connectivity index (χ2n) is 5.79. The number of rotatable bonds is 4. The first-order chi connectivity index (χ1) is 12.2. The van der Waals surface area contributed by atoms with Gasteiger partial charge in [-0.3, -0.25) is 9.36 Å². The molecule has 6 nitrogen and oxygen atoms in total. The zero-order valence-corrected chi connectivity index (χ0v) is 13.9. The predicted molar refractivity (Wildman–Crippen MR) is 96.5 cm³/mol. The fourth-order valence-electron chi connectivity index (χ4n) is 2.94. The molecule has 0 fully saturated rings. The van der Waals surface area contributed by atoms with Crippen LogP contribution in [0.1, 0.15) is 5.56 Å². The third-order valence-electron chi connectivity index (χ3n) is 4.29. The molecule has 0 spiro atoms. The van der Waals surface area contributed by atoms with Crippen molar-refractivity contribution in [1.82, 2.24) is 14.5 Å². The molecule has 4 aromatic rings. The highest BCUT2D eigenvalue weighted by Gasteiger charge is 2.12. The van der Waals surface area contributed by atoms with Crippen molar-refractivity contribution in [1.29, 1.82) is 0 Å². The Morgan fingerprint density at radius 2 is 1.76 bits per heavy atom. The number of fused-ring (bicyclic) bond motifs is 3. The smallest absolute Gasteiger partial charge is 0.277 e. The van der Waals surface area contributed by atoms with Crippen molar-refractivity contribution in [3.05, 3.63) is 64.7 Å². The van der Waals surface area contributed by atoms with E-state index in [-0.39, 0.29) is 5.56 Å². The number of nitrogens with zero attached hydrogens (tertiary/aromatic N) is 2. The number of ether oxygens (including phenoxy) is 2. The number of H-pyrrole nitrogens is 1. The number of methoxy groups -OCH3 is 2. The number of benzene rings is 2. The topological polar surface area (TPSA) is 69.1 Å². The van der Waals surface area contributed by atoms with Crippen LogP contribution in [-0.2, 0) is 6.54 Å². The predicted octanol–water partition coefficient (Wildman–Crippen LogP) is 2.94. The van der Waals surface area contributed by atoms with Gasteiger partial charge in [-0.2, -0.15) is 0 Å². The van der Waals surface area contributed by atoms with Crippen molar-refractivity contribution in [2.24, 2.45) is 0 Å². The van der Waals surface area contributed by atoms with Gasteiger partial charge in [0.05, 0.1) is 27.1 Å². The third-order valence-corrected chi connectivity index (χ3v) is 4.29. The monoisotopic (exact) mass is 335 g/mol. The molecule has 2 aromatic heterocycles. The molecule has 0 saturated heterocycles. The van der Waals surface area contributed by atoms with Crippen LogP contribution in [0.25, 0.3) is 21.9 Å². The van der Waals surface area contributed by atoms with Crippen molar-refractivity contribution >= 4 is 21.9 Å². The normalized spacial score (nSPS) is 11.1. The first-order valence-electron chi connectivity index (χ1n) is 7.87. The van der Waals surface area contributed by atoms with E-state index in [0.29, 0.717) is 17.6 Å². The Balaban J connectivity index is 1.79. The van der Waals surface area contributed by atoms with E-state index in [0.717, 1.165) is 28.0 Å². The van der Waals surface area contributed by atoms with E-state index in [2.05, 4.69) is 9.97 Å². The van der Waals surface area contributed by atoms with Crippen molar-refractivity contribution in [2.45, 2.75) is 6.54 Å². The van der Waals surface area contributed by atoms with E-state index >= 15 is 0 Å². The molecule has 0 amide bonds. The van der Waals surface area contributed by atoms with Gasteiger partial charge in [-0.1, -0.05) is 12.1 Å². The SMILES string of the molecule is COc1ccc(Cn2cnc3c([nH]c4ccc(OC)cc43)c2=O)cc1. The molecule has 2 heterocycles. The molecule has 126 valence electrons. The second kappa shape index (κ2) is 5.98. The van der Waals surface area contributed by atoms with Gasteiger partial charge in [-0.05, 0) is 35.9 Å². The highest BCUT2D eigenvalue weighted by Crippen LogP contribution is 2.25. The molecule has 25 heavy (non-hydrogen) atoms. The third kappa shape index (κ3) is 2.61. The van der Waals surface area contributed by atoms with E-state index in [1.165, 1.54) is 0 Å². The maximum Gasteiger partial charge on any atom is 0.277 e. The van der Waals surface area contributed by atoms with E-state index in [4.69, 9.17) is 9.47 Å². The summed E-state index contributed by atoms with van der Waals surface area (Å²) in [4.78, 5) is 20.5. The average molecular weight is 335 g/mol. The summed E-state index contributed by atoms with van der Waals surface area (Å²) in [6.45, 7) is 0.449. The van der Waals surface area contributed by atoms with E-state index in [1.54, 1.807) is 25.1 Å². The Hall–Kier alpha value is -3.28. The van der Waals surface area contributed by atoms with Crippen molar-refractivity contribution in [3.8, 4) is 11.5 Å². The van der Waals surface area contributed by atoms with Gasteiger partial charge in [0.2, 0.25) is 0 Å². The minimum absolute atomic E-state index is 0.101. The van der Waals surface area contributed by atoms with Gasteiger partial charge < -0.3 is 14.5 Å². The maximum absolute atomic E-state index is 12.8. The summed E-state index contributed by atoms with van der Waals surface area (Å²) in [5.41, 5.74) is 2.92. The molecule has 2 aromatic carbocycles. The molecule has 0 saturated carbocycles. The minimum atomic E-state index is -0.101. The van der Waals surface area contributed by atoms with Crippen LogP contribution < -0.4 is 15.0 Å². The molecular formula is C19H17N3O3. The Kier molecular flexibility index (Phi) is 3.65. The summed E-state index contributed by atoms with van der Waals surface area (Å²) >= 11 is 0. The van der Waals surface area contributed by atoms with Gasteiger partial charge in [0.25, 0.3) is 5.56 Å². The molecule has 4 rings (SSSR count). The van der Waals surface area contributed by atoms with Crippen LogP contribution in [0.3, 0.4) is 0 Å². The fourth-order valence-corrected chi connectivity index (χ4v) is 2.94. The van der Waals surface area contributed by atoms with E-state index in [9.17, 15) is 4.79 Å². The molecule has 0 radical (unpaired) electrons. The molecule has 0 unspecified atom stereocenters. The molecule has 1 N–H and O–H groups in total. The van der Waals surface area contributed by atoms with Crippen LogP contribution >= 0.6 is 0 Å². The average Bonchev–Trinajstić information content (AvgIpc) is 3.03. The molecule has 0 bridgehead atoms. The standard InChI is InChI=1S/C19H17N3O3/c1-24-13-5-3-12(4-6-13)10-22-11-20-17-15-9-14(25-2)7-8-16(15)21-18(17)19(22)23/h3-9,11,21H,10H2,1-2H3. The van der Waals surface area contributed by atoms with Crippen LogP contribution in [0.4, 0.5) is 0 Å². The van der Waals surface area contributed by atoms with Crippen LogP contribution in [-0.4, -0.2) is 28.8 Å². The van der Waals surface area contributed by atoms with Crippen molar-refractivity contribution < 1.29 is 9.47 Å². The maximum atomic E-state index is 12.8. The van der Waals surface area contributed by atoms with Crippen molar-refractivity contribution in [2.75, 3.05) is 14.2 Å². The highest BCUT2D eigenvalue weighted by atomic mass is 16.5. The van der Waals surface area contributed by atoms with Gasteiger partial charge in [0, 0.05) is 10.9 Å². The summed E-state index contributed by atoms with van der Waals surface area (Å²) in [7, 11) is 3.24. The molecule has 0 aliphatic heterocycles. The zero-order chi connectivity index (χ0) is 17.4. The lowest BCUT2D eigenvalue weighted by Gasteiger charge is -2.06.